The molecule has 0 spiro atoms. The molecule has 81 valence electrons. The summed E-state index contributed by atoms with van der Waals surface area (Å²) in [7, 11) is 2.04. The van der Waals surface area contributed by atoms with Crippen LogP contribution in [0.4, 0.5) is 0 Å². The Balaban J connectivity index is 3.66. The summed E-state index contributed by atoms with van der Waals surface area (Å²) in [4.78, 5) is 10.7. The minimum Gasteiger partial charge on any atom is -0.463 e. The van der Waals surface area contributed by atoms with Crippen LogP contribution in [0.3, 0.4) is 0 Å². The average molecular weight is 217 g/mol. The van der Waals surface area contributed by atoms with E-state index in [0.717, 1.165) is 12.5 Å². The zero-order valence-electron chi connectivity index (χ0n) is 8.91. The molecule has 0 aromatic heterocycles. The second kappa shape index (κ2) is 7.72. The first-order valence-corrected chi connectivity index (χ1v) is 5.79. The Labute approximate surface area is 86.7 Å². The smallest absolute Gasteiger partial charge is 0.387 e. The van der Waals surface area contributed by atoms with Gasteiger partial charge in [-0.2, -0.15) is 0 Å². The van der Waals surface area contributed by atoms with Crippen molar-refractivity contribution >= 4 is 15.3 Å². The molecule has 0 aliphatic carbocycles. The Kier molecular flexibility index (Phi) is 7.36. The fourth-order valence-electron chi connectivity index (χ4n) is 0.999. The van der Waals surface area contributed by atoms with Crippen molar-refractivity contribution in [3.8, 4) is 0 Å². The number of carbonyl (C=O) groups excluding carboxylic acids is 1. The van der Waals surface area contributed by atoms with Crippen molar-refractivity contribution in [1.82, 2.24) is 0 Å². The van der Waals surface area contributed by atoms with Gasteiger partial charge in [-0.3, -0.25) is 0 Å². The highest BCUT2D eigenvalue weighted by molar-refractivity contribution is 6.46. The van der Waals surface area contributed by atoms with Gasteiger partial charge in [0.15, 0.2) is 0 Å². The van der Waals surface area contributed by atoms with Crippen LogP contribution in [-0.2, 0) is 18.4 Å². The average Bonchev–Trinajstić information content (AvgIpc) is 2.19. The van der Waals surface area contributed by atoms with Crippen LogP contribution in [0, 0.1) is 0 Å². The monoisotopic (exact) mass is 217 g/mol. The molecule has 0 heterocycles. The molecule has 0 N–H and O–H groups in total. The van der Waals surface area contributed by atoms with E-state index >= 15 is 0 Å². The summed E-state index contributed by atoms with van der Waals surface area (Å²) < 4.78 is 15.2. The first-order chi connectivity index (χ1) is 6.65. The highest BCUT2D eigenvalue weighted by Crippen LogP contribution is 2.15. The third-order valence-electron chi connectivity index (χ3n) is 1.77. The molecular formula is C9H17O4Si. The lowest BCUT2D eigenvalue weighted by Crippen LogP contribution is -2.25. The molecule has 0 saturated heterocycles. The van der Waals surface area contributed by atoms with Crippen molar-refractivity contribution in [2.45, 2.75) is 18.9 Å². The van der Waals surface area contributed by atoms with Gasteiger partial charge >= 0.3 is 15.3 Å². The SMILES string of the molecule is C=CC(=O)OCCC(C)[Si](OC)OC. The van der Waals surface area contributed by atoms with Gasteiger partial charge in [0.25, 0.3) is 0 Å². The molecule has 1 atom stereocenters. The first kappa shape index (κ1) is 13.3. The maximum absolute atomic E-state index is 10.7. The van der Waals surface area contributed by atoms with Gasteiger partial charge in [0.05, 0.1) is 6.61 Å². The zero-order valence-corrected chi connectivity index (χ0v) is 9.91. The van der Waals surface area contributed by atoms with E-state index in [1.807, 2.05) is 6.92 Å². The van der Waals surface area contributed by atoms with Crippen LogP contribution in [0.5, 0.6) is 0 Å². The van der Waals surface area contributed by atoms with Crippen molar-refractivity contribution in [3.63, 3.8) is 0 Å². The van der Waals surface area contributed by atoms with Crippen LogP contribution in [0.1, 0.15) is 13.3 Å². The van der Waals surface area contributed by atoms with Crippen LogP contribution in [0.2, 0.25) is 5.54 Å². The van der Waals surface area contributed by atoms with E-state index in [9.17, 15) is 4.79 Å². The normalized spacial score (nSPS) is 12.6. The third-order valence-corrected chi connectivity index (χ3v) is 3.66. The maximum atomic E-state index is 10.7. The van der Waals surface area contributed by atoms with Crippen molar-refractivity contribution in [2.24, 2.45) is 0 Å². The van der Waals surface area contributed by atoms with Crippen molar-refractivity contribution in [3.05, 3.63) is 12.7 Å². The Morgan fingerprint density at radius 1 is 1.50 bits per heavy atom. The molecule has 0 bridgehead atoms. The minimum atomic E-state index is -1.22. The molecule has 0 fully saturated rings. The summed E-state index contributed by atoms with van der Waals surface area (Å²) in [6.45, 7) is 5.71. The van der Waals surface area contributed by atoms with E-state index in [1.165, 1.54) is 0 Å². The van der Waals surface area contributed by atoms with Crippen LogP contribution in [0.15, 0.2) is 12.7 Å². The van der Waals surface area contributed by atoms with Gasteiger partial charge in [0.2, 0.25) is 0 Å². The molecule has 0 amide bonds. The summed E-state index contributed by atoms with van der Waals surface area (Å²) in [5.74, 6) is -0.388. The van der Waals surface area contributed by atoms with Gasteiger partial charge in [-0.25, -0.2) is 4.79 Å². The van der Waals surface area contributed by atoms with Gasteiger partial charge in [-0.05, 0) is 6.42 Å². The molecule has 0 saturated carbocycles. The first-order valence-electron chi connectivity index (χ1n) is 4.39. The molecule has 0 aliphatic rings. The van der Waals surface area contributed by atoms with Crippen LogP contribution in [-0.4, -0.2) is 36.1 Å². The quantitative estimate of drug-likeness (QED) is 0.366. The maximum Gasteiger partial charge on any atom is 0.387 e. The molecule has 4 nitrogen and oxygen atoms in total. The molecule has 0 aromatic rings. The summed E-state index contributed by atoms with van der Waals surface area (Å²) in [5.41, 5.74) is 0.285. The predicted molar refractivity (Wildman–Crippen MR) is 55.0 cm³/mol. The van der Waals surface area contributed by atoms with E-state index < -0.39 is 9.28 Å². The Hall–Kier alpha value is -0.653. The van der Waals surface area contributed by atoms with Crippen LogP contribution in [0.25, 0.3) is 0 Å². The van der Waals surface area contributed by atoms with E-state index in [-0.39, 0.29) is 11.5 Å². The standard InChI is InChI=1S/C9H17O4Si/c1-5-9(10)13-7-6-8(2)14(11-3)12-4/h5,8H,1,6-7H2,2-4H3. The van der Waals surface area contributed by atoms with Gasteiger partial charge in [-0.15, -0.1) is 0 Å². The Morgan fingerprint density at radius 2 is 2.07 bits per heavy atom. The van der Waals surface area contributed by atoms with E-state index in [0.29, 0.717) is 6.61 Å². The molecule has 0 rings (SSSR count). The molecule has 1 unspecified atom stereocenters. The number of carbonyl (C=O) groups is 1. The number of esters is 1. The number of ether oxygens (including phenoxy) is 1. The molecule has 1 radical (unpaired) electrons. The fourth-order valence-corrected chi connectivity index (χ4v) is 2.32. The topological polar surface area (TPSA) is 44.8 Å². The summed E-state index contributed by atoms with van der Waals surface area (Å²) in [5, 5.41) is 0. The highest BCUT2D eigenvalue weighted by atomic mass is 28.3. The Bertz CT molecular complexity index is 180. The summed E-state index contributed by atoms with van der Waals surface area (Å²) >= 11 is 0. The largest absolute Gasteiger partial charge is 0.463 e. The second-order valence-electron chi connectivity index (χ2n) is 2.79. The number of hydrogen-bond acceptors (Lipinski definition) is 4. The molecule has 14 heavy (non-hydrogen) atoms. The lowest BCUT2D eigenvalue weighted by Gasteiger charge is -2.16. The fraction of sp³-hybridized carbons (Fsp3) is 0.667. The molecule has 0 aliphatic heterocycles. The van der Waals surface area contributed by atoms with Gasteiger partial charge in [-0.1, -0.05) is 13.5 Å². The van der Waals surface area contributed by atoms with Gasteiger partial charge in [0, 0.05) is 25.8 Å². The molecule has 0 aromatic carbocycles. The highest BCUT2D eigenvalue weighted by Gasteiger charge is 2.21. The summed E-state index contributed by atoms with van der Waals surface area (Å²) in [6.07, 6.45) is 1.90. The third kappa shape index (κ3) is 5.16. The van der Waals surface area contributed by atoms with Crippen molar-refractivity contribution in [2.75, 3.05) is 20.8 Å². The van der Waals surface area contributed by atoms with E-state index in [1.54, 1.807) is 14.2 Å². The molecular weight excluding hydrogens is 200 g/mol. The second-order valence-corrected chi connectivity index (χ2v) is 5.23. The Morgan fingerprint density at radius 3 is 2.50 bits per heavy atom. The van der Waals surface area contributed by atoms with Gasteiger partial charge < -0.3 is 13.6 Å². The lowest BCUT2D eigenvalue weighted by molar-refractivity contribution is -0.137. The predicted octanol–water partition coefficient (Wildman–Crippen LogP) is 1.28. The summed E-state index contributed by atoms with van der Waals surface area (Å²) in [6, 6.07) is 0. The van der Waals surface area contributed by atoms with Gasteiger partial charge in [0.1, 0.15) is 0 Å². The zero-order chi connectivity index (χ0) is 11.0. The number of hydrogen-bond donors (Lipinski definition) is 0. The van der Waals surface area contributed by atoms with E-state index in [4.69, 9.17) is 13.6 Å². The minimum absolute atomic E-state index is 0.285. The van der Waals surface area contributed by atoms with Crippen molar-refractivity contribution < 1.29 is 18.4 Å². The van der Waals surface area contributed by atoms with E-state index in [2.05, 4.69) is 6.58 Å². The number of rotatable bonds is 7. The van der Waals surface area contributed by atoms with Crippen molar-refractivity contribution in [1.29, 1.82) is 0 Å². The molecule has 5 heteroatoms. The van der Waals surface area contributed by atoms with Crippen LogP contribution < -0.4 is 0 Å². The lowest BCUT2D eigenvalue weighted by atomic mass is 10.3. The van der Waals surface area contributed by atoms with Crippen LogP contribution >= 0.6 is 0 Å².